The number of unbranched alkanes of at least 4 members (excludes halogenated alkanes) is 31. The molecule has 0 aromatic heterocycles. The molecule has 11 atom stereocenters. The van der Waals surface area contributed by atoms with Gasteiger partial charge in [0, 0.05) is 13.0 Å². The molecule has 2 heterocycles. The van der Waals surface area contributed by atoms with Crippen molar-refractivity contribution in [3.63, 3.8) is 0 Å². The summed E-state index contributed by atoms with van der Waals surface area (Å²) >= 11 is 0. The summed E-state index contributed by atoms with van der Waals surface area (Å²) in [5.41, 5.74) is 0. The number of aliphatic hydroxyl groups is 7. The maximum Gasteiger partial charge on any atom is 0.306 e. The van der Waals surface area contributed by atoms with Crippen molar-refractivity contribution in [1.29, 1.82) is 0 Å². The van der Waals surface area contributed by atoms with Crippen LogP contribution < -0.4 is 0 Å². The molecule has 0 bridgehead atoms. The summed E-state index contributed by atoms with van der Waals surface area (Å²) in [4.78, 5) is 13.0. The topological polar surface area (TPSA) is 214 Å². The molecule has 2 rings (SSSR count). The van der Waals surface area contributed by atoms with Crippen LogP contribution in [0.3, 0.4) is 0 Å². The first-order valence-corrected chi connectivity index (χ1v) is 27.6. The van der Waals surface area contributed by atoms with Crippen LogP contribution in [0, 0.1) is 0 Å². The predicted molar refractivity (Wildman–Crippen MR) is 261 cm³/mol. The molecule has 398 valence electrons. The number of hydrogen-bond acceptors (Lipinski definition) is 14. The van der Waals surface area contributed by atoms with E-state index in [0.29, 0.717) is 6.61 Å². The van der Waals surface area contributed by atoms with Crippen LogP contribution >= 0.6 is 0 Å². The van der Waals surface area contributed by atoms with Crippen LogP contribution in [0.4, 0.5) is 0 Å². The zero-order valence-electron chi connectivity index (χ0n) is 42.4. The van der Waals surface area contributed by atoms with Crippen LogP contribution in [-0.2, 0) is 33.2 Å². The van der Waals surface area contributed by atoms with Gasteiger partial charge in [0.25, 0.3) is 0 Å². The highest BCUT2D eigenvalue weighted by Gasteiger charge is 2.47. The van der Waals surface area contributed by atoms with E-state index < -0.39 is 80.7 Å². The molecule has 11 unspecified atom stereocenters. The Morgan fingerprint density at radius 3 is 1.21 bits per heavy atom. The van der Waals surface area contributed by atoms with Crippen molar-refractivity contribution in [3.05, 3.63) is 0 Å². The van der Waals surface area contributed by atoms with Crippen molar-refractivity contribution in [2.75, 3.05) is 33.0 Å². The molecule has 0 aliphatic carbocycles. The Hall–Kier alpha value is -1.01. The summed E-state index contributed by atoms with van der Waals surface area (Å²) in [5.74, 6) is -0.371. The van der Waals surface area contributed by atoms with Gasteiger partial charge < -0.3 is 64.2 Å². The number of carbonyl (C=O) groups excluding carboxylic acids is 1. The average Bonchev–Trinajstić information content (AvgIpc) is 3.32. The van der Waals surface area contributed by atoms with Gasteiger partial charge in [-0.05, 0) is 12.8 Å². The lowest BCUT2D eigenvalue weighted by Crippen LogP contribution is -2.61. The fraction of sp³-hybridized carbons (Fsp3) is 0.981. The molecule has 0 spiro atoms. The minimum atomic E-state index is -1.70. The van der Waals surface area contributed by atoms with Crippen molar-refractivity contribution in [1.82, 2.24) is 0 Å². The van der Waals surface area contributed by atoms with Gasteiger partial charge in [-0.3, -0.25) is 4.79 Å². The van der Waals surface area contributed by atoms with E-state index in [9.17, 15) is 40.5 Å². The minimum Gasteiger partial charge on any atom is -0.457 e. The molecule has 2 aliphatic heterocycles. The highest BCUT2D eigenvalue weighted by atomic mass is 16.7. The van der Waals surface area contributed by atoms with Crippen molar-refractivity contribution in [2.45, 2.75) is 300 Å². The van der Waals surface area contributed by atoms with Crippen LogP contribution in [0.2, 0.25) is 0 Å². The third kappa shape index (κ3) is 29.2. The first-order chi connectivity index (χ1) is 32.6. The number of ether oxygens (including phenoxy) is 6. The highest BCUT2D eigenvalue weighted by molar-refractivity contribution is 5.69. The van der Waals surface area contributed by atoms with Gasteiger partial charge in [-0.15, -0.1) is 0 Å². The molecule has 14 nitrogen and oxygen atoms in total. The van der Waals surface area contributed by atoms with E-state index in [1.165, 1.54) is 167 Å². The second kappa shape index (κ2) is 41.6. The zero-order chi connectivity index (χ0) is 48.7. The SMILES string of the molecule is CCCCCCCCCCCCCCCCCCCCCCCCCCCC(=O)OC(COCCCCCCCCCC)COC1OC(COC2OC(CO)C(O)C(O)C2O)C(O)C(O)C1O. The Balaban J connectivity index is 1.63. The van der Waals surface area contributed by atoms with Crippen molar-refractivity contribution in [2.24, 2.45) is 0 Å². The first kappa shape index (κ1) is 62.1. The van der Waals surface area contributed by atoms with E-state index in [0.717, 1.165) is 44.9 Å². The van der Waals surface area contributed by atoms with Gasteiger partial charge in [0.1, 0.15) is 54.9 Å². The quantitative estimate of drug-likeness (QED) is 0.0224. The van der Waals surface area contributed by atoms with E-state index >= 15 is 0 Å². The molecule has 7 N–H and O–H groups in total. The van der Waals surface area contributed by atoms with E-state index in [4.69, 9.17) is 28.4 Å². The predicted octanol–water partition coefficient (Wildman–Crippen LogP) is 8.86. The Morgan fingerprint density at radius 2 is 0.791 bits per heavy atom. The van der Waals surface area contributed by atoms with Gasteiger partial charge in [-0.1, -0.05) is 213 Å². The van der Waals surface area contributed by atoms with Gasteiger partial charge >= 0.3 is 5.97 Å². The maximum atomic E-state index is 13.0. The van der Waals surface area contributed by atoms with Crippen molar-refractivity contribution >= 4 is 5.97 Å². The van der Waals surface area contributed by atoms with Crippen LogP contribution in [0.5, 0.6) is 0 Å². The highest BCUT2D eigenvalue weighted by Crippen LogP contribution is 2.27. The summed E-state index contributed by atoms with van der Waals surface area (Å²) < 4.78 is 34.2. The van der Waals surface area contributed by atoms with Crippen LogP contribution in [0.1, 0.15) is 232 Å². The summed E-state index contributed by atoms with van der Waals surface area (Å²) in [6.07, 6.45) is 26.3. The van der Waals surface area contributed by atoms with E-state index in [1.807, 2.05) is 0 Å². The average molecular weight is 963 g/mol. The largest absolute Gasteiger partial charge is 0.457 e. The van der Waals surface area contributed by atoms with Gasteiger partial charge in [-0.25, -0.2) is 0 Å². The Kier molecular flexibility index (Phi) is 38.6. The second-order valence-corrected chi connectivity index (χ2v) is 19.8. The number of carbonyl (C=O) groups is 1. The molecule has 0 aromatic carbocycles. The van der Waals surface area contributed by atoms with Gasteiger partial charge in [0.05, 0.1) is 26.4 Å². The monoisotopic (exact) mass is 963 g/mol. The minimum absolute atomic E-state index is 0.0688. The van der Waals surface area contributed by atoms with Gasteiger partial charge in [0.2, 0.25) is 0 Å². The van der Waals surface area contributed by atoms with E-state index in [1.54, 1.807) is 0 Å². The van der Waals surface area contributed by atoms with Crippen LogP contribution in [0.15, 0.2) is 0 Å². The molecule has 2 saturated heterocycles. The van der Waals surface area contributed by atoms with Crippen molar-refractivity contribution in [3.8, 4) is 0 Å². The number of hydrogen-bond donors (Lipinski definition) is 7. The van der Waals surface area contributed by atoms with Gasteiger partial charge in [0.15, 0.2) is 12.6 Å². The Morgan fingerprint density at radius 1 is 0.433 bits per heavy atom. The first-order valence-electron chi connectivity index (χ1n) is 27.6. The molecule has 2 aliphatic rings. The van der Waals surface area contributed by atoms with Crippen molar-refractivity contribution < 1.29 is 69.0 Å². The third-order valence-corrected chi connectivity index (χ3v) is 13.6. The van der Waals surface area contributed by atoms with E-state index in [2.05, 4.69) is 13.8 Å². The summed E-state index contributed by atoms with van der Waals surface area (Å²) in [6, 6.07) is 0. The van der Waals surface area contributed by atoms with Crippen LogP contribution in [-0.4, -0.2) is 142 Å². The molecule has 0 amide bonds. The fourth-order valence-corrected chi connectivity index (χ4v) is 9.11. The van der Waals surface area contributed by atoms with Gasteiger partial charge in [-0.2, -0.15) is 0 Å². The molecule has 0 saturated carbocycles. The molecule has 2 fully saturated rings. The Labute approximate surface area is 406 Å². The lowest BCUT2D eigenvalue weighted by Gasteiger charge is -2.42. The molecule has 14 heteroatoms. The summed E-state index contributed by atoms with van der Waals surface area (Å²) in [7, 11) is 0. The normalized spacial score (nSPS) is 26.0. The molecular formula is C53H102O14. The number of aliphatic hydroxyl groups excluding tert-OH is 7. The zero-order valence-corrected chi connectivity index (χ0v) is 42.4. The molecule has 67 heavy (non-hydrogen) atoms. The van der Waals surface area contributed by atoms with E-state index in [-0.39, 0.29) is 25.6 Å². The second-order valence-electron chi connectivity index (χ2n) is 19.8. The number of esters is 1. The molecule has 0 aromatic rings. The standard InChI is InChI=1S/C53H102O14/c1-3-5-7-9-11-13-14-15-16-17-18-19-20-21-22-23-24-25-26-27-28-29-30-32-34-36-45(55)65-42(39-62-37-35-33-31-12-10-8-6-4-2)40-63-52-51(61)49(59)47(57)44(67-52)41-64-53-50(60)48(58)46(56)43(38-54)66-53/h42-44,46-54,56-61H,3-41H2,1-2H3. The lowest BCUT2D eigenvalue weighted by molar-refractivity contribution is -0.332. The molecule has 0 radical (unpaired) electrons. The maximum absolute atomic E-state index is 13.0. The smallest absolute Gasteiger partial charge is 0.306 e. The Bertz CT molecular complexity index is 1120. The fourth-order valence-electron chi connectivity index (χ4n) is 9.11. The summed E-state index contributed by atoms with van der Waals surface area (Å²) in [6.45, 7) is 3.71. The summed E-state index contributed by atoms with van der Waals surface area (Å²) in [5, 5.41) is 72.0. The number of rotatable bonds is 45. The third-order valence-electron chi connectivity index (χ3n) is 13.6. The molecular weight excluding hydrogens is 861 g/mol. The lowest BCUT2D eigenvalue weighted by atomic mass is 9.98. The van der Waals surface area contributed by atoms with Crippen LogP contribution in [0.25, 0.3) is 0 Å².